The van der Waals surface area contributed by atoms with Crippen molar-refractivity contribution in [1.29, 1.82) is 0 Å². The number of hydrogen-bond acceptors (Lipinski definition) is 7. The van der Waals surface area contributed by atoms with E-state index in [1.165, 1.54) is 0 Å². The number of aromatic amines is 1. The third kappa shape index (κ3) is 2.46. The zero-order valence-corrected chi connectivity index (χ0v) is 12.7. The highest BCUT2D eigenvalue weighted by molar-refractivity contribution is 5.87. The van der Waals surface area contributed by atoms with Crippen LogP contribution in [0.1, 0.15) is 6.92 Å². The molecule has 0 aromatic carbocycles. The molecule has 1 atom stereocenters. The van der Waals surface area contributed by atoms with Gasteiger partial charge in [-0.3, -0.25) is 0 Å². The molecule has 3 N–H and O–H groups in total. The Balaban J connectivity index is 1.82. The van der Waals surface area contributed by atoms with E-state index in [9.17, 15) is 0 Å². The quantitative estimate of drug-likeness (QED) is 0.733. The number of nitrogen functional groups attached to an aromatic ring is 1. The van der Waals surface area contributed by atoms with Gasteiger partial charge in [-0.1, -0.05) is 0 Å². The average molecular weight is 311 g/mol. The fourth-order valence-corrected chi connectivity index (χ4v) is 2.82. The van der Waals surface area contributed by atoms with Crippen molar-refractivity contribution in [1.82, 2.24) is 24.9 Å². The molecule has 1 aliphatic heterocycles. The predicted octanol–water partition coefficient (Wildman–Crippen LogP) is 1.22. The van der Waals surface area contributed by atoms with E-state index in [1.54, 1.807) is 18.6 Å². The molecule has 1 fully saturated rings. The van der Waals surface area contributed by atoms with Crippen LogP contribution in [0.15, 0.2) is 24.7 Å². The fourth-order valence-electron chi connectivity index (χ4n) is 2.82. The first-order valence-corrected chi connectivity index (χ1v) is 7.50. The number of pyridine rings is 1. The third-order valence-corrected chi connectivity index (χ3v) is 3.95. The molecule has 1 unspecified atom stereocenters. The first kappa shape index (κ1) is 13.9. The molecular formula is C15H17N7O. The maximum absolute atomic E-state index is 6.02. The van der Waals surface area contributed by atoms with E-state index in [-0.39, 0.29) is 6.04 Å². The number of anilines is 2. The van der Waals surface area contributed by atoms with Gasteiger partial charge in [0.15, 0.2) is 11.5 Å². The maximum atomic E-state index is 6.02. The summed E-state index contributed by atoms with van der Waals surface area (Å²) in [6, 6.07) is 3.90. The van der Waals surface area contributed by atoms with E-state index in [2.05, 4.69) is 31.8 Å². The molecule has 8 nitrogen and oxygen atoms in total. The molecule has 3 aromatic rings. The molecule has 8 heteroatoms. The Hall–Kier alpha value is -2.74. The van der Waals surface area contributed by atoms with Crippen LogP contribution < -0.4 is 10.6 Å². The second-order valence-electron chi connectivity index (χ2n) is 5.55. The van der Waals surface area contributed by atoms with E-state index in [0.29, 0.717) is 30.5 Å². The van der Waals surface area contributed by atoms with Gasteiger partial charge in [-0.2, -0.15) is 0 Å². The summed E-state index contributed by atoms with van der Waals surface area (Å²) in [5.74, 6) is 1.80. The number of nitrogens with one attached hydrogen (secondary N) is 1. The van der Waals surface area contributed by atoms with Crippen LogP contribution >= 0.6 is 0 Å². The Kier molecular flexibility index (Phi) is 3.30. The van der Waals surface area contributed by atoms with Crippen molar-refractivity contribution in [2.45, 2.75) is 13.0 Å². The lowest BCUT2D eigenvalue weighted by atomic mass is 10.2. The second-order valence-corrected chi connectivity index (χ2v) is 5.55. The van der Waals surface area contributed by atoms with Crippen LogP contribution in [0.3, 0.4) is 0 Å². The van der Waals surface area contributed by atoms with Crippen LogP contribution in [0.4, 0.5) is 11.6 Å². The summed E-state index contributed by atoms with van der Waals surface area (Å²) < 4.78 is 5.49. The van der Waals surface area contributed by atoms with E-state index < -0.39 is 0 Å². The van der Waals surface area contributed by atoms with E-state index in [4.69, 9.17) is 15.5 Å². The summed E-state index contributed by atoms with van der Waals surface area (Å²) in [5.41, 5.74) is 8.27. The van der Waals surface area contributed by atoms with Gasteiger partial charge < -0.3 is 20.4 Å². The van der Waals surface area contributed by atoms with Gasteiger partial charge in [-0.15, -0.1) is 0 Å². The molecule has 3 aromatic heterocycles. The van der Waals surface area contributed by atoms with Crippen LogP contribution in [0.2, 0.25) is 0 Å². The normalized spacial score (nSPS) is 18.5. The Morgan fingerprint density at radius 3 is 3.13 bits per heavy atom. The number of morpholine rings is 1. The molecule has 23 heavy (non-hydrogen) atoms. The highest BCUT2D eigenvalue weighted by atomic mass is 16.5. The zero-order chi connectivity index (χ0) is 15.8. The summed E-state index contributed by atoms with van der Waals surface area (Å²) in [6.07, 6.45) is 3.32. The minimum absolute atomic E-state index is 0.244. The van der Waals surface area contributed by atoms with Gasteiger partial charge in [-0.25, -0.2) is 19.9 Å². The number of fused-ring (bicyclic) bond motifs is 1. The second kappa shape index (κ2) is 5.47. The highest BCUT2D eigenvalue weighted by Gasteiger charge is 2.22. The molecule has 0 spiro atoms. The first-order chi connectivity index (χ1) is 11.2. The lowest BCUT2D eigenvalue weighted by Gasteiger charge is -2.34. The summed E-state index contributed by atoms with van der Waals surface area (Å²) in [5, 5.41) is 0. The molecule has 1 saturated heterocycles. The Morgan fingerprint density at radius 1 is 1.35 bits per heavy atom. The zero-order valence-electron chi connectivity index (χ0n) is 12.7. The van der Waals surface area contributed by atoms with Crippen LogP contribution in [0.5, 0.6) is 0 Å². The van der Waals surface area contributed by atoms with Gasteiger partial charge in [0.05, 0.1) is 31.1 Å². The van der Waals surface area contributed by atoms with Crippen molar-refractivity contribution in [3.05, 3.63) is 24.7 Å². The number of nitrogens with two attached hydrogens (primary N) is 1. The topological polar surface area (TPSA) is 106 Å². The number of ether oxygens (including phenoxy) is 1. The maximum Gasteiger partial charge on any atom is 0.166 e. The van der Waals surface area contributed by atoms with Crippen LogP contribution in [-0.2, 0) is 4.74 Å². The molecule has 0 bridgehead atoms. The van der Waals surface area contributed by atoms with E-state index in [0.717, 1.165) is 23.4 Å². The number of aromatic nitrogens is 5. The van der Waals surface area contributed by atoms with Crippen molar-refractivity contribution >= 4 is 22.8 Å². The van der Waals surface area contributed by atoms with Crippen LogP contribution in [0.25, 0.3) is 22.6 Å². The summed E-state index contributed by atoms with van der Waals surface area (Å²) in [4.78, 5) is 22.8. The fraction of sp³-hybridized carbons (Fsp3) is 0.333. The minimum Gasteiger partial charge on any atom is -0.384 e. The molecule has 118 valence electrons. The van der Waals surface area contributed by atoms with Gasteiger partial charge in [0.2, 0.25) is 0 Å². The molecule has 0 saturated carbocycles. The molecule has 0 radical (unpaired) electrons. The van der Waals surface area contributed by atoms with Gasteiger partial charge >= 0.3 is 0 Å². The SMILES string of the molecule is CC1COCCN1c1cc(N)nc(-c2ccnc3[nH]cnc23)n1. The number of nitrogens with zero attached hydrogens (tertiary/aromatic N) is 5. The molecule has 0 amide bonds. The summed E-state index contributed by atoms with van der Waals surface area (Å²) in [6.45, 7) is 4.25. The van der Waals surface area contributed by atoms with Crippen molar-refractivity contribution < 1.29 is 4.74 Å². The lowest BCUT2D eigenvalue weighted by molar-refractivity contribution is 0.0985. The largest absolute Gasteiger partial charge is 0.384 e. The number of hydrogen-bond donors (Lipinski definition) is 2. The number of H-pyrrole nitrogens is 1. The van der Waals surface area contributed by atoms with Gasteiger partial charge in [0.25, 0.3) is 0 Å². The summed E-state index contributed by atoms with van der Waals surface area (Å²) in [7, 11) is 0. The predicted molar refractivity (Wildman–Crippen MR) is 87.0 cm³/mol. The monoisotopic (exact) mass is 311 g/mol. The highest BCUT2D eigenvalue weighted by Crippen LogP contribution is 2.26. The molecular weight excluding hydrogens is 294 g/mol. The smallest absolute Gasteiger partial charge is 0.166 e. The Bertz CT molecular complexity index is 847. The van der Waals surface area contributed by atoms with Gasteiger partial charge in [0.1, 0.15) is 17.2 Å². The first-order valence-electron chi connectivity index (χ1n) is 7.50. The lowest BCUT2D eigenvalue weighted by Crippen LogP contribution is -2.44. The number of imidazole rings is 1. The number of rotatable bonds is 2. The van der Waals surface area contributed by atoms with Crippen molar-refractivity contribution in [2.75, 3.05) is 30.4 Å². The molecule has 4 heterocycles. The average Bonchev–Trinajstić information content (AvgIpc) is 3.03. The minimum atomic E-state index is 0.244. The standard InChI is InChI=1S/C15H17N7O/c1-9-7-23-5-4-22(9)12-6-11(16)20-14(21-12)10-2-3-17-15-13(10)18-8-19-15/h2-3,6,8-9H,4-5,7H2,1H3,(H2,16,20,21)(H,17,18,19). The summed E-state index contributed by atoms with van der Waals surface area (Å²) >= 11 is 0. The molecule has 1 aliphatic rings. The molecule has 0 aliphatic carbocycles. The third-order valence-electron chi connectivity index (χ3n) is 3.95. The Labute approximate surface area is 132 Å². The van der Waals surface area contributed by atoms with Gasteiger partial charge in [-0.05, 0) is 13.0 Å². The van der Waals surface area contributed by atoms with Crippen LogP contribution in [-0.4, -0.2) is 50.7 Å². The molecule has 4 rings (SSSR count). The van der Waals surface area contributed by atoms with Crippen molar-refractivity contribution in [2.24, 2.45) is 0 Å². The van der Waals surface area contributed by atoms with E-state index >= 15 is 0 Å². The van der Waals surface area contributed by atoms with Crippen LogP contribution in [0, 0.1) is 0 Å². The van der Waals surface area contributed by atoms with Crippen molar-refractivity contribution in [3.8, 4) is 11.4 Å². The van der Waals surface area contributed by atoms with Crippen molar-refractivity contribution in [3.63, 3.8) is 0 Å². The Morgan fingerprint density at radius 2 is 2.26 bits per heavy atom. The van der Waals surface area contributed by atoms with E-state index in [1.807, 2.05) is 6.07 Å². The van der Waals surface area contributed by atoms with Gasteiger partial charge in [0, 0.05) is 18.8 Å².